The standard InChI is InChI=1S/C47H85O9P/c1-4-5-6-7-26-31-36-44-45(56-44)37-32-27-22-20-24-28-33-38-46(48)53-40-43(41-54-57(50,51)52)55-47(49)39-34-29-23-19-17-15-13-11-9-8-10-12-14-16-18-21-25-30-35-42(2)3/h20,24,26-27,31-32,42-45H,4-19,21-23,25,28-30,33-41H2,1-3H3,(H2,50,51,52)/b24-20-,31-26-,32-27-/t43-,44?,45?/m1/s1. The molecule has 2 N–H and O–H groups in total. The summed E-state index contributed by atoms with van der Waals surface area (Å²) >= 11 is 0. The predicted molar refractivity (Wildman–Crippen MR) is 234 cm³/mol. The summed E-state index contributed by atoms with van der Waals surface area (Å²) in [5.74, 6) is -0.103. The van der Waals surface area contributed by atoms with E-state index in [0.717, 1.165) is 57.3 Å². The van der Waals surface area contributed by atoms with E-state index < -0.39 is 32.5 Å². The number of hydrogen-bond acceptors (Lipinski definition) is 7. The Labute approximate surface area is 348 Å². The van der Waals surface area contributed by atoms with Gasteiger partial charge in [-0.1, -0.05) is 186 Å². The van der Waals surface area contributed by atoms with Gasteiger partial charge in [-0.15, -0.1) is 0 Å². The first-order valence-corrected chi connectivity index (χ1v) is 24.8. The highest BCUT2D eigenvalue weighted by Gasteiger charge is 2.36. The van der Waals surface area contributed by atoms with E-state index in [2.05, 4.69) is 55.7 Å². The maximum atomic E-state index is 12.5. The maximum Gasteiger partial charge on any atom is 0.469 e. The van der Waals surface area contributed by atoms with Crippen LogP contribution in [0.4, 0.5) is 0 Å². The Kier molecular flexibility index (Phi) is 34.8. The number of hydrogen-bond donors (Lipinski definition) is 2. The van der Waals surface area contributed by atoms with E-state index in [1.165, 1.54) is 116 Å². The van der Waals surface area contributed by atoms with E-state index in [-0.39, 0.29) is 19.4 Å². The third-order valence-electron chi connectivity index (χ3n) is 10.5. The summed E-state index contributed by atoms with van der Waals surface area (Å²) in [4.78, 5) is 43.0. The van der Waals surface area contributed by atoms with Crippen LogP contribution in [0.5, 0.6) is 0 Å². The van der Waals surface area contributed by atoms with Crippen molar-refractivity contribution in [1.82, 2.24) is 0 Å². The second-order valence-corrected chi connectivity index (χ2v) is 17.8. The number of unbranched alkanes of at least 4 members (excludes halogenated alkanes) is 21. The van der Waals surface area contributed by atoms with Crippen LogP contribution in [0.3, 0.4) is 0 Å². The van der Waals surface area contributed by atoms with Crippen molar-refractivity contribution in [2.24, 2.45) is 5.92 Å². The third kappa shape index (κ3) is 38.2. The quantitative estimate of drug-likeness (QED) is 0.0203. The van der Waals surface area contributed by atoms with Crippen LogP contribution in [0.1, 0.15) is 213 Å². The highest BCUT2D eigenvalue weighted by molar-refractivity contribution is 7.46. The number of allylic oxidation sites excluding steroid dienone is 4. The van der Waals surface area contributed by atoms with Gasteiger partial charge < -0.3 is 24.0 Å². The Morgan fingerprint density at radius 1 is 0.596 bits per heavy atom. The first-order chi connectivity index (χ1) is 27.6. The molecular formula is C47H85O9P. The van der Waals surface area contributed by atoms with Gasteiger partial charge in [0.2, 0.25) is 0 Å². The van der Waals surface area contributed by atoms with E-state index in [1.807, 2.05) is 6.08 Å². The van der Waals surface area contributed by atoms with Gasteiger partial charge >= 0.3 is 19.8 Å². The molecule has 0 aromatic heterocycles. The third-order valence-corrected chi connectivity index (χ3v) is 11.0. The first-order valence-electron chi connectivity index (χ1n) is 23.3. The van der Waals surface area contributed by atoms with Gasteiger partial charge in [0.15, 0.2) is 6.10 Å². The van der Waals surface area contributed by atoms with Crippen LogP contribution in [0.2, 0.25) is 0 Å². The van der Waals surface area contributed by atoms with Crippen molar-refractivity contribution in [2.75, 3.05) is 13.2 Å². The smallest absolute Gasteiger partial charge is 0.462 e. The SMILES string of the molecule is CCCCC/C=C\CC1OC1C/C=C\C/C=C\CCCC(=O)OC[C@H](COP(=O)(O)O)OC(=O)CCCCCCCCCCCCCCCCCCCCC(C)C. The molecule has 0 saturated carbocycles. The second-order valence-electron chi connectivity index (χ2n) is 16.6. The van der Waals surface area contributed by atoms with Crippen molar-refractivity contribution in [2.45, 2.75) is 232 Å². The molecule has 332 valence electrons. The molecule has 1 rings (SSSR count). The normalized spacial score (nSPS) is 16.4. The zero-order valence-electron chi connectivity index (χ0n) is 36.6. The molecule has 3 atom stereocenters. The summed E-state index contributed by atoms with van der Waals surface area (Å²) in [5.41, 5.74) is 0. The van der Waals surface area contributed by atoms with Crippen LogP contribution in [0, 0.1) is 5.92 Å². The summed E-state index contributed by atoms with van der Waals surface area (Å²) in [6.45, 7) is 5.98. The van der Waals surface area contributed by atoms with Crippen molar-refractivity contribution >= 4 is 19.8 Å². The van der Waals surface area contributed by atoms with Gasteiger partial charge in [0, 0.05) is 12.8 Å². The van der Waals surface area contributed by atoms with Crippen LogP contribution in [0.15, 0.2) is 36.5 Å². The molecule has 1 fully saturated rings. The molecule has 0 bridgehead atoms. The van der Waals surface area contributed by atoms with Crippen molar-refractivity contribution in [3.8, 4) is 0 Å². The Morgan fingerprint density at radius 2 is 1.07 bits per heavy atom. The molecule has 1 saturated heterocycles. The minimum absolute atomic E-state index is 0.187. The number of phosphoric ester groups is 1. The average Bonchev–Trinajstić information content (AvgIpc) is 3.93. The largest absolute Gasteiger partial charge is 0.469 e. The number of carbonyl (C=O) groups is 2. The summed E-state index contributed by atoms with van der Waals surface area (Å²) in [7, 11) is -4.77. The van der Waals surface area contributed by atoms with Crippen LogP contribution in [-0.4, -0.2) is 53.3 Å². The first kappa shape index (κ1) is 53.2. The highest BCUT2D eigenvalue weighted by atomic mass is 31.2. The topological polar surface area (TPSA) is 132 Å². The lowest BCUT2D eigenvalue weighted by Crippen LogP contribution is -2.29. The molecular weight excluding hydrogens is 739 g/mol. The molecule has 0 radical (unpaired) electrons. The Hall–Kier alpha value is -1.77. The molecule has 0 aromatic carbocycles. The zero-order valence-corrected chi connectivity index (χ0v) is 37.5. The molecule has 57 heavy (non-hydrogen) atoms. The second kappa shape index (κ2) is 37.2. The van der Waals surface area contributed by atoms with Crippen LogP contribution in [-0.2, 0) is 32.9 Å². The minimum atomic E-state index is -4.77. The number of rotatable bonds is 41. The molecule has 2 unspecified atom stereocenters. The maximum absolute atomic E-state index is 12.5. The van der Waals surface area contributed by atoms with E-state index in [4.69, 9.17) is 24.0 Å². The molecule has 0 aliphatic carbocycles. The Morgan fingerprint density at radius 3 is 1.61 bits per heavy atom. The van der Waals surface area contributed by atoms with Crippen molar-refractivity contribution in [3.05, 3.63) is 36.5 Å². The molecule has 0 amide bonds. The van der Waals surface area contributed by atoms with Gasteiger partial charge in [-0.25, -0.2) is 4.57 Å². The minimum Gasteiger partial charge on any atom is -0.462 e. The fourth-order valence-electron chi connectivity index (χ4n) is 6.89. The summed E-state index contributed by atoms with van der Waals surface area (Å²) in [6.07, 6.45) is 46.2. The van der Waals surface area contributed by atoms with Crippen LogP contribution in [0.25, 0.3) is 0 Å². The number of epoxide rings is 1. The van der Waals surface area contributed by atoms with Gasteiger partial charge in [0.1, 0.15) is 6.61 Å². The molecule has 0 aromatic rings. The lowest BCUT2D eigenvalue weighted by atomic mass is 10.0. The summed E-state index contributed by atoms with van der Waals surface area (Å²) in [6, 6.07) is 0. The van der Waals surface area contributed by atoms with Gasteiger partial charge in [0.05, 0.1) is 18.8 Å². The van der Waals surface area contributed by atoms with E-state index in [0.29, 0.717) is 25.0 Å². The lowest BCUT2D eigenvalue weighted by molar-refractivity contribution is -0.161. The fraction of sp³-hybridized carbons (Fsp3) is 0.830. The molecule has 10 heteroatoms. The van der Waals surface area contributed by atoms with Gasteiger partial charge in [-0.2, -0.15) is 0 Å². The predicted octanol–water partition coefficient (Wildman–Crippen LogP) is 13.4. The Balaban J connectivity index is 2.04. The van der Waals surface area contributed by atoms with E-state index in [9.17, 15) is 14.2 Å². The monoisotopic (exact) mass is 825 g/mol. The Bertz CT molecular complexity index is 1100. The summed E-state index contributed by atoms with van der Waals surface area (Å²) < 4.78 is 32.2. The van der Waals surface area contributed by atoms with Crippen molar-refractivity contribution in [1.29, 1.82) is 0 Å². The van der Waals surface area contributed by atoms with Gasteiger partial charge in [-0.05, 0) is 57.3 Å². The highest BCUT2D eigenvalue weighted by Crippen LogP contribution is 2.36. The molecule has 9 nitrogen and oxygen atoms in total. The van der Waals surface area contributed by atoms with Crippen molar-refractivity contribution < 1.29 is 42.7 Å². The lowest BCUT2D eigenvalue weighted by Gasteiger charge is -2.18. The number of ether oxygens (including phenoxy) is 3. The average molecular weight is 825 g/mol. The van der Waals surface area contributed by atoms with Crippen LogP contribution >= 0.6 is 7.82 Å². The molecule has 1 aliphatic rings. The molecule has 0 spiro atoms. The van der Waals surface area contributed by atoms with Gasteiger partial charge in [0.25, 0.3) is 0 Å². The molecule has 1 aliphatic heterocycles. The van der Waals surface area contributed by atoms with E-state index >= 15 is 0 Å². The number of phosphoric acid groups is 1. The van der Waals surface area contributed by atoms with E-state index in [1.54, 1.807) is 0 Å². The van der Waals surface area contributed by atoms with Gasteiger partial charge in [-0.3, -0.25) is 14.1 Å². The zero-order chi connectivity index (χ0) is 41.7. The fourth-order valence-corrected chi connectivity index (χ4v) is 7.25. The summed E-state index contributed by atoms with van der Waals surface area (Å²) in [5, 5.41) is 0. The van der Waals surface area contributed by atoms with Crippen LogP contribution < -0.4 is 0 Å². The number of esters is 2. The van der Waals surface area contributed by atoms with Crippen molar-refractivity contribution in [3.63, 3.8) is 0 Å². The molecule has 1 heterocycles. The number of carbonyl (C=O) groups excluding carboxylic acids is 2.